The van der Waals surface area contributed by atoms with E-state index < -0.39 is 0 Å². The van der Waals surface area contributed by atoms with Crippen LogP contribution in [0.5, 0.6) is 5.75 Å². The van der Waals surface area contributed by atoms with Gasteiger partial charge in [-0.3, -0.25) is 5.43 Å². The lowest BCUT2D eigenvalue weighted by molar-refractivity contribution is 0.317. The first-order valence-corrected chi connectivity index (χ1v) is 9.17. The van der Waals surface area contributed by atoms with Gasteiger partial charge in [-0.1, -0.05) is 48.9 Å². The van der Waals surface area contributed by atoms with Gasteiger partial charge in [0.15, 0.2) is 0 Å². The van der Waals surface area contributed by atoms with Crippen LogP contribution < -0.4 is 10.2 Å². The first-order valence-electron chi connectivity index (χ1n) is 8.29. The molecule has 3 rings (SSSR count). The van der Waals surface area contributed by atoms with E-state index in [4.69, 9.17) is 4.74 Å². The monoisotopic (exact) mass is 351 g/mol. The summed E-state index contributed by atoms with van der Waals surface area (Å²) in [6, 6.07) is 16.2. The molecule has 25 heavy (non-hydrogen) atoms. The summed E-state index contributed by atoms with van der Waals surface area (Å²) >= 11 is 1.53. The molecule has 5 heteroatoms. The van der Waals surface area contributed by atoms with Crippen molar-refractivity contribution in [1.82, 2.24) is 4.98 Å². The number of aromatic nitrogens is 1. The van der Waals surface area contributed by atoms with E-state index >= 15 is 0 Å². The van der Waals surface area contributed by atoms with E-state index in [2.05, 4.69) is 35.4 Å². The van der Waals surface area contributed by atoms with Crippen molar-refractivity contribution in [1.29, 1.82) is 0 Å². The number of rotatable bonds is 7. The molecule has 0 unspecified atom stereocenters. The predicted octanol–water partition coefficient (Wildman–Crippen LogP) is 5.35. The maximum atomic E-state index is 5.77. The molecule has 0 aliphatic heterocycles. The van der Waals surface area contributed by atoms with E-state index in [-0.39, 0.29) is 0 Å². The summed E-state index contributed by atoms with van der Waals surface area (Å²) in [4.78, 5) is 4.56. The van der Waals surface area contributed by atoms with Gasteiger partial charge in [0.25, 0.3) is 0 Å². The summed E-state index contributed by atoms with van der Waals surface area (Å²) in [7, 11) is 0. The second-order valence-corrected chi connectivity index (χ2v) is 6.52. The van der Waals surface area contributed by atoms with Crippen LogP contribution in [0.15, 0.2) is 59.0 Å². The van der Waals surface area contributed by atoms with Crippen molar-refractivity contribution < 1.29 is 4.74 Å². The summed E-state index contributed by atoms with van der Waals surface area (Å²) in [5.41, 5.74) is 7.19. The van der Waals surface area contributed by atoms with Crippen LogP contribution in [0.25, 0.3) is 11.3 Å². The minimum atomic E-state index is 0.699. The smallest absolute Gasteiger partial charge is 0.203 e. The second kappa shape index (κ2) is 8.44. The third-order valence-corrected chi connectivity index (χ3v) is 4.31. The zero-order valence-corrected chi connectivity index (χ0v) is 15.2. The molecule has 0 atom stereocenters. The van der Waals surface area contributed by atoms with Crippen molar-refractivity contribution in [2.45, 2.75) is 20.3 Å². The molecular weight excluding hydrogens is 330 g/mol. The quantitative estimate of drug-likeness (QED) is 0.461. The number of nitrogens with zero attached hydrogens (tertiary/aromatic N) is 2. The van der Waals surface area contributed by atoms with Crippen molar-refractivity contribution >= 4 is 22.7 Å². The van der Waals surface area contributed by atoms with Crippen molar-refractivity contribution in [3.05, 3.63) is 65.0 Å². The lowest BCUT2D eigenvalue weighted by Crippen LogP contribution is -1.99. The Hall–Kier alpha value is -2.66. The topological polar surface area (TPSA) is 46.5 Å². The lowest BCUT2D eigenvalue weighted by atomic mass is 10.1. The number of hydrogen-bond acceptors (Lipinski definition) is 5. The molecule has 0 aliphatic carbocycles. The Morgan fingerprint density at radius 1 is 1.20 bits per heavy atom. The molecule has 0 saturated heterocycles. The number of nitrogens with one attached hydrogen (secondary N) is 1. The fraction of sp³-hybridized carbons (Fsp3) is 0.200. The van der Waals surface area contributed by atoms with E-state index in [0.29, 0.717) is 6.61 Å². The van der Waals surface area contributed by atoms with E-state index in [1.54, 1.807) is 6.21 Å². The SMILES string of the molecule is CCCOc1ccc(C)cc1C=NNc1nc(-c2ccccc2)cs1. The lowest BCUT2D eigenvalue weighted by Gasteiger charge is -2.08. The van der Waals surface area contributed by atoms with Crippen molar-refractivity contribution in [3.8, 4) is 17.0 Å². The molecule has 0 spiro atoms. The zero-order chi connectivity index (χ0) is 17.5. The second-order valence-electron chi connectivity index (χ2n) is 5.66. The predicted molar refractivity (Wildman–Crippen MR) is 106 cm³/mol. The van der Waals surface area contributed by atoms with Crippen molar-refractivity contribution in [3.63, 3.8) is 0 Å². The molecule has 0 aliphatic rings. The summed E-state index contributed by atoms with van der Waals surface area (Å²) < 4.78 is 5.77. The van der Waals surface area contributed by atoms with Gasteiger partial charge < -0.3 is 4.74 Å². The van der Waals surface area contributed by atoms with Gasteiger partial charge in [-0.2, -0.15) is 5.10 Å². The van der Waals surface area contributed by atoms with Gasteiger partial charge in [0.1, 0.15) is 5.75 Å². The molecule has 1 N–H and O–H groups in total. The fourth-order valence-corrected chi connectivity index (χ4v) is 3.00. The average Bonchev–Trinajstić information content (AvgIpc) is 3.11. The van der Waals surface area contributed by atoms with Gasteiger partial charge in [0, 0.05) is 16.5 Å². The minimum absolute atomic E-state index is 0.699. The molecule has 2 aromatic carbocycles. The number of anilines is 1. The summed E-state index contributed by atoms with van der Waals surface area (Å²) in [6.45, 7) is 4.85. The van der Waals surface area contributed by atoms with Crippen LogP contribution in [-0.2, 0) is 0 Å². The molecule has 0 saturated carbocycles. The molecule has 4 nitrogen and oxygen atoms in total. The van der Waals surface area contributed by atoms with Crippen LogP contribution in [0, 0.1) is 6.92 Å². The number of thiazole rings is 1. The highest BCUT2D eigenvalue weighted by atomic mass is 32.1. The van der Waals surface area contributed by atoms with Gasteiger partial charge in [0.2, 0.25) is 5.13 Å². The average molecular weight is 351 g/mol. The maximum Gasteiger partial charge on any atom is 0.203 e. The first-order chi connectivity index (χ1) is 12.3. The van der Waals surface area contributed by atoms with E-state index in [1.807, 2.05) is 47.8 Å². The van der Waals surface area contributed by atoms with Crippen LogP contribution in [0.4, 0.5) is 5.13 Å². The third kappa shape index (κ3) is 4.67. The largest absolute Gasteiger partial charge is 0.493 e. The Bertz CT molecular complexity index is 843. The summed E-state index contributed by atoms with van der Waals surface area (Å²) in [5, 5.41) is 7.11. The minimum Gasteiger partial charge on any atom is -0.493 e. The van der Waals surface area contributed by atoms with E-state index in [0.717, 1.165) is 34.1 Å². The zero-order valence-electron chi connectivity index (χ0n) is 14.4. The molecule has 0 fully saturated rings. The number of hydrogen-bond donors (Lipinski definition) is 1. The van der Waals surface area contributed by atoms with Crippen LogP contribution in [-0.4, -0.2) is 17.8 Å². The van der Waals surface area contributed by atoms with Gasteiger partial charge in [0.05, 0.1) is 18.5 Å². The normalized spacial score (nSPS) is 11.0. The molecular formula is C20H21N3OS. The highest BCUT2D eigenvalue weighted by Gasteiger charge is 2.04. The summed E-state index contributed by atoms with van der Waals surface area (Å²) in [6.07, 6.45) is 2.76. The molecule has 1 heterocycles. The van der Waals surface area contributed by atoms with Gasteiger partial charge in [-0.25, -0.2) is 4.98 Å². The Morgan fingerprint density at radius 2 is 2.04 bits per heavy atom. The fourth-order valence-electron chi connectivity index (χ4n) is 2.34. The Kier molecular flexibility index (Phi) is 5.80. The van der Waals surface area contributed by atoms with E-state index in [9.17, 15) is 0 Å². The van der Waals surface area contributed by atoms with Crippen LogP contribution in [0.1, 0.15) is 24.5 Å². The van der Waals surface area contributed by atoms with Crippen LogP contribution in [0.3, 0.4) is 0 Å². The van der Waals surface area contributed by atoms with Crippen LogP contribution >= 0.6 is 11.3 Å². The Balaban J connectivity index is 1.69. The molecule has 3 aromatic rings. The first kappa shape index (κ1) is 17.2. The standard InChI is InChI=1S/C20H21N3OS/c1-3-11-24-19-10-9-15(2)12-17(19)13-21-23-20-22-18(14-25-20)16-7-5-4-6-8-16/h4-10,12-14H,3,11H2,1-2H3,(H,22,23). The van der Waals surface area contributed by atoms with Gasteiger partial charge in [-0.05, 0) is 25.5 Å². The number of ether oxygens (including phenoxy) is 1. The number of hydrazone groups is 1. The highest BCUT2D eigenvalue weighted by Crippen LogP contribution is 2.24. The third-order valence-electron chi connectivity index (χ3n) is 3.56. The maximum absolute atomic E-state index is 5.77. The van der Waals surface area contributed by atoms with E-state index in [1.165, 1.54) is 16.9 Å². The molecule has 1 aromatic heterocycles. The highest BCUT2D eigenvalue weighted by molar-refractivity contribution is 7.14. The Labute approximate surface area is 152 Å². The molecule has 0 radical (unpaired) electrons. The van der Waals surface area contributed by atoms with Crippen molar-refractivity contribution in [2.75, 3.05) is 12.0 Å². The van der Waals surface area contributed by atoms with Gasteiger partial charge >= 0.3 is 0 Å². The molecule has 0 bridgehead atoms. The Morgan fingerprint density at radius 3 is 2.84 bits per heavy atom. The summed E-state index contributed by atoms with van der Waals surface area (Å²) in [5.74, 6) is 0.849. The number of benzene rings is 2. The van der Waals surface area contributed by atoms with Crippen molar-refractivity contribution in [2.24, 2.45) is 5.10 Å². The molecule has 128 valence electrons. The molecule has 0 amide bonds. The number of aryl methyl sites for hydroxylation is 1. The van der Waals surface area contributed by atoms with Gasteiger partial charge in [-0.15, -0.1) is 11.3 Å². The van der Waals surface area contributed by atoms with Crippen LogP contribution in [0.2, 0.25) is 0 Å².